The maximum atomic E-state index is 12.3. The van der Waals surface area contributed by atoms with Gasteiger partial charge in [-0.25, -0.2) is 17.7 Å². The number of sulfonamides is 1. The average molecular weight is 371 g/mol. The van der Waals surface area contributed by atoms with Crippen LogP contribution < -0.4 is 0 Å². The van der Waals surface area contributed by atoms with E-state index >= 15 is 0 Å². The summed E-state index contributed by atoms with van der Waals surface area (Å²) in [6.07, 6.45) is 0. The molecule has 0 saturated carbocycles. The Morgan fingerprint density at radius 1 is 1.38 bits per heavy atom. The van der Waals surface area contributed by atoms with Gasteiger partial charge in [-0.15, -0.1) is 11.8 Å². The van der Waals surface area contributed by atoms with Crippen LogP contribution in [-0.4, -0.2) is 55.2 Å². The topological polar surface area (TPSA) is 81.5 Å². The number of rotatable bonds is 7. The van der Waals surface area contributed by atoms with Gasteiger partial charge in [-0.1, -0.05) is 0 Å². The van der Waals surface area contributed by atoms with Crippen LogP contribution in [0.5, 0.6) is 0 Å². The number of ether oxygens (including phenoxy) is 1. The molecule has 0 radical (unpaired) electrons. The maximum absolute atomic E-state index is 12.3. The van der Waals surface area contributed by atoms with Crippen LogP contribution in [0.3, 0.4) is 0 Å². The van der Waals surface area contributed by atoms with Crippen molar-refractivity contribution >= 4 is 38.8 Å². The third-order valence-corrected chi connectivity index (χ3v) is 6.29. The lowest BCUT2D eigenvalue weighted by atomic mass is 10.3. The number of fused-ring (bicyclic) bond motifs is 1. The normalized spacial score (nSPS) is 12.0. The largest absolute Gasteiger partial charge is 0.468 e. The lowest BCUT2D eigenvalue weighted by Gasteiger charge is -2.11. The number of carbonyl (C=O) groups is 1. The van der Waals surface area contributed by atoms with Gasteiger partial charge in [0, 0.05) is 20.6 Å². The van der Waals surface area contributed by atoms with Crippen molar-refractivity contribution in [1.29, 1.82) is 0 Å². The molecule has 0 spiro atoms. The number of carbonyl (C=O) groups excluding carboxylic acids is 1. The predicted molar refractivity (Wildman–Crippen MR) is 94.5 cm³/mol. The molecule has 7 nitrogen and oxygen atoms in total. The second-order valence-corrected chi connectivity index (χ2v) is 8.42. The zero-order valence-corrected chi connectivity index (χ0v) is 15.8. The molecule has 132 valence electrons. The minimum atomic E-state index is -3.49. The summed E-state index contributed by atoms with van der Waals surface area (Å²) in [5.41, 5.74) is 1.51. The van der Waals surface area contributed by atoms with E-state index in [9.17, 15) is 13.2 Å². The van der Waals surface area contributed by atoms with E-state index in [1.807, 2.05) is 11.5 Å². The van der Waals surface area contributed by atoms with E-state index in [0.29, 0.717) is 17.8 Å². The molecule has 0 aliphatic carbocycles. The monoisotopic (exact) mass is 371 g/mol. The molecule has 24 heavy (non-hydrogen) atoms. The third-order valence-electron chi connectivity index (χ3n) is 3.57. The Labute approximate surface area is 146 Å². The lowest BCUT2D eigenvalue weighted by Crippen LogP contribution is -2.22. The highest BCUT2D eigenvalue weighted by atomic mass is 32.2. The second kappa shape index (κ2) is 7.54. The number of hydrogen-bond acceptors (Lipinski definition) is 6. The van der Waals surface area contributed by atoms with Crippen molar-refractivity contribution in [3.05, 3.63) is 24.0 Å². The molecule has 0 aliphatic heterocycles. The van der Waals surface area contributed by atoms with E-state index in [-0.39, 0.29) is 16.6 Å². The smallest absolute Gasteiger partial charge is 0.315 e. The molecule has 0 aliphatic rings. The fourth-order valence-corrected chi connectivity index (χ4v) is 3.99. The number of hydrogen-bond donors (Lipinski definition) is 0. The summed E-state index contributed by atoms with van der Waals surface area (Å²) in [6, 6.07) is 4.96. The maximum Gasteiger partial charge on any atom is 0.315 e. The Balaban J connectivity index is 2.36. The first-order valence-electron chi connectivity index (χ1n) is 7.37. The van der Waals surface area contributed by atoms with Gasteiger partial charge in [0.15, 0.2) is 0 Å². The van der Waals surface area contributed by atoms with Gasteiger partial charge in [0.25, 0.3) is 0 Å². The molecular weight excluding hydrogens is 350 g/mol. The van der Waals surface area contributed by atoms with Crippen LogP contribution in [0.2, 0.25) is 0 Å². The van der Waals surface area contributed by atoms with Gasteiger partial charge in [-0.3, -0.25) is 4.79 Å². The summed E-state index contributed by atoms with van der Waals surface area (Å²) >= 11 is 1.41. The van der Waals surface area contributed by atoms with Crippen molar-refractivity contribution in [1.82, 2.24) is 13.9 Å². The van der Waals surface area contributed by atoms with Gasteiger partial charge in [0.2, 0.25) is 10.0 Å². The van der Waals surface area contributed by atoms with E-state index in [0.717, 1.165) is 11.3 Å². The van der Waals surface area contributed by atoms with Gasteiger partial charge in [0.1, 0.15) is 5.82 Å². The van der Waals surface area contributed by atoms with E-state index in [1.165, 1.54) is 37.3 Å². The molecule has 0 bridgehead atoms. The van der Waals surface area contributed by atoms with E-state index in [4.69, 9.17) is 0 Å². The number of aromatic nitrogens is 2. The number of esters is 1. The quantitative estimate of drug-likeness (QED) is 0.689. The molecule has 1 aromatic heterocycles. The van der Waals surface area contributed by atoms with Crippen molar-refractivity contribution in [3.8, 4) is 0 Å². The van der Waals surface area contributed by atoms with Crippen LogP contribution in [0, 0.1) is 0 Å². The van der Waals surface area contributed by atoms with Crippen LogP contribution in [0.1, 0.15) is 12.7 Å². The van der Waals surface area contributed by atoms with E-state index < -0.39 is 10.0 Å². The summed E-state index contributed by atoms with van der Waals surface area (Å²) in [4.78, 5) is 16.0. The number of aryl methyl sites for hydroxylation is 1. The van der Waals surface area contributed by atoms with Crippen molar-refractivity contribution in [2.45, 2.75) is 24.1 Å². The number of thioether (sulfide) groups is 1. The number of benzene rings is 1. The molecule has 0 N–H and O–H groups in total. The van der Waals surface area contributed by atoms with E-state index in [1.54, 1.807) is 18.2 Å². The fraction of sp³-hybridized carbons (Fsp3) is 0.467. The highest BCUT2D eigenvalue weighted by Crippen LogP contribution is 2.24. The highest BCUT2D eigenvalue weighted by molar-refractivity contribution is 7.99. The first-order chi connectivity index (χ1) is 11.3. The second-order valence-electron chi connectivity index (χ2n) is 5.28. The summed E-state index contributed by atoms with van der Waals surface area (Å²) < 4.78 is 32.3. The predicted octanol–water partition coefficient (Wildman–Crippen LogP) is 1.71. The van der Waals surface area contributed by atoms with Crippen LogP contribution in [0.4, 0.5) is 0 Å². The highest BCUT2D eigenvalue weighted by Gasteiger charge is 2.19. The molecule has 0 saturated heterocycles. The Hall–Kier alpha value is -1.58. The van der Waals surface area contributed by atoms with Crippen molar-refractivity contribution in [3.63, 3.8) is 0 Å². The molecule has 1 aromatic carbocycles. The van der Waals surface area contributed by atoms with Gasteiger partial charge in [-0.05, 0) is 25.1 Å². The Bertz CT molecular complexity index is 844. The minimum Gasteiger partial charge on any atom is -0.468 e. The Morgan fingerprint density at radius 3 is 2.67 bits per heavy atom. The molecule has 2 aromatic rings. The number of methoxy groups -OCH3 is 1. The summed E-state index contributed by atoms with van der Waals surface area (Å²) in [7, 11) is 0.864. The van der Waals surface area contributed by atoms with E-state index in [2.05, 4.69) is 9.72 Å². The van der Waals surface area contributed by atoms with Crippen LogP contribution in [0.15, 0.2) is 23.1 Å². The molecule has 0 fully saturated rings. The SMILES string of the molecule is CCn1c(CSCC(=O)OC)nc2cc(S(=O)(=O)N(C)C)ccc21. The summed E-state index contributed by atoms with van der Waals surface area (Å²) in [5, 5.41) is 0. The fourth-order valence-electron chi connectivity index (χ4n) is 2.28. The van der Waals surface area contributed by atoms with Gasteiger partial charge < -0.3 is 9.30 Å². The Kier molecular flexibility index (Phi) is 5.89. The first-order valence-corrected chi connectivity index (χ1v) is 9.97. The van der Waals surface area contributed by atoms with Crippen molar-refractivity contribution < 1.29 is 17.9 Å². The molecule has 1 heterocycles. The molecule has 9 heteroatoms. The standard InChI is InChI=1S/C15H21N3O4S2/c1-5-18-13-7-6-11(24(20,21)17(2)3)8-12(13)16-14(18)9-23-10-15(19)22-4/h6-8H,5,9-10H2,1-4H3. The number of nitrogens with zero attached hydrogens (tertiary/aromatic N) is 3. The first kappa shape index (κ1) is 18.8. The molecule has 2 rings (SSSR count). The zero-order valence-electron chi connectivity index (χ0n) is 14.1. The third kappa shape index (κ3) is 3.73. The zero-order chi connectivity index (χ0) is 17.9. The van der Waals surface area contributed by atoms with Gasteiger partial charge in [-0.2, -0.15) is 0 Å². The van der Waals surface area contributed by atoms with Crippen molar-refractivity contribution in [2.75, 3.05) is 27.0 Å². The van der Waals surface area contributed by atoms with Crippen molar-refractivity contribution in [2.24, 2.45) is 0 Å². The lowest BCUT2D eigenvalue weighted by molar-refractivity contribution is -0.137. The van der Waals surface area contributed by atoms with Crippen LogP contribution in [-0.2, 0) is 31.9 Å². The van der Waals surface area contributed by atoms with Crippen LogP contribution in [0.25, 0.3) is 11.0 Å². The molecule has 0 amide bonds. The molecule has 0 unspecified atom stereocenters. The van der Waals surface area contributed by atoms with Crippen LogP contribution >= 0.6 is 11.8 Å². The summed E-state index contributed by atoms with van der Waals surface area (Å²) in [6.45, 7) is 2.71. The summed E-state index contributed by atoms with van der Waals surface area (Å²) in [5.74, 6) is 1.33. The molecular formula is C15H21N3O4S2. The molecule has 0 atom stereocenters. The van der Waals surface area contributed by atoms with Gasteiger partial charge in [0.05, 0.1) is 34.5 Å². The van der Waals surface area contributed by atoms with Gasteiger partial charge >= 0.3 is 5.97 Å². The Morgan fingerprint density at radius 2 is 2.08 bits per heavy atom. The average Bonchev–Trinajstić information content (AvgIpc) is 2.90. The minimum absolute atomic E-state index is 0.217. The number of imidazole rings is 1.